The summed E-state index contributed by atoms with van der Waals surface area (Å²) in [6, 6.07) is 9.69. The molecule has 0 N–H and O–H groups in total. The van der Waals surface area contributed by atoms with E-state index in [2.05, 4.69) is 11.9 Å². The van der Waals surface area contributed by atoms with E-state index in [1.807, 2.05) is 35.2 Å². The minimum atomic E-state index is -0.413. The Labute approximate surface area is 159 Å². The quantitative estimate of drug-likeness (QED) is 0.836. The zero-order chi connectivity index (χ0) is 18.9. The van der Waals surface area contributed by atoms with Gasteiger partial charge in [0.05, 0.1) is 12.1 Å². The minimum absolute atomic E-state index is 0.107. The molecule has 3 heterocycles. The highest BCUT2D eigenvalue weighted by Crippen LogP contribution is 2.31. The molecule has 0 aliphatic carbocycles. The second-order valence-corrected chi connectivity index (χ2v) is 7.43. The van der Waals surface area contributed by atoms with Crippen LogP contribution >= 0.6 is 0 Å². The number of aromatic nitrogens is 1. The van der Waals surface area contributed by atoms with Gasteiger partial charge in [-0.1, -0.05) is 31.2 Å². The van der Waals surface area contributed by atoms with Crippen LogP contribution in [-0.4, -0.2) is 65.0 Å². The number of carbonyl (C=O) groups excluding carboxylic acids is 2. The number of rotatable bonds is 3. The number of amides is 2. The molecule has 1 spiro atoms. The maximum absolute atomic E-state index is 13.4. The highest BCUT2D eigenvalue weighted by atomic mass is 16.5. The number of fused-ring (bicyclic) bond motifs is 1. The van der Waals surface area contributed by atoms with Crippen molar-refractivity contribution in [3.63, 3.8) is 0 Å². The molecule has 2 amide bonds. The maximum Gasteiger partial charge on any atom is 0.273 e. The summed E-state index contributed by atoms with van der Waals surface area (Å²) in [6.07, 6.45) is 3.69. The molecule has 2 fully saturated rings. The monoisotopic (exact) mass is 367 g/mol. The average molecular weight is 367 g/mol. The highest BCUT2D eigenvalue weighted by Gasteiger charge is 2.46. The first-order valence-electron chi connectivity index (χ1n) is 9.66. The Morgan fingerprint density at radius 1 is 1.30 bits per heavy atom. The molecule has 1 unspecified atom stereocenters. The number of benzene rings is 1. The van der Waals surface area contributed by atoms with Crippen LogP contribution in [0.3, 0.4) is 0 Å². The lowest BCUT2D eigenvalue weighted by molar-refractivity contribution is -0.136. The zero-order valence-corrected chi connectivity index (χ0v) is 15.7. The third kappa shape index (κ3) is 3.18. The molecule has 2 saturated heterocycles. The largest absolute Gasteiger partial charge is 0.379 e. The van der Waals surface area contributed by atoms with Crippen molar-refractivity contribution in [2.75, 3.05) is 32.8 Å². The molecule has 6 nitrogen and oxygen atoms in total. The molecule has 142 valence electrons. The third-order valence-corrected chi connectivity index (χ3v) is 5.65. The van der Waals surface area contributed by atoms with Crippen LogP contribution < -0.4 is 0 Å². The average Bonchev–Trinajstić information content (AvgIpc) is 3.12. The Bertz CT molecular complexity index is 855. The molecule has 1 atom stereocenters. The molecule has 1 aromatic carbocycles. The Hall–Kier alpha value is -2.47. The fourth-order valence-electron chi connectivity index (χ4n) is 4.28. The third-order valence-electron chi connectivity index (χ3n) is 5.65. The first kappa shape index (κ1) is 17.9. The lowest BCUT2D eigenvalue weighted by atomic mass is 9.95. The van der Waals surface area contributed by atoms with Crippen molar-refractivity contribution in [2.24, 2.45) is 0 Å². The summed E-state index contributed by atoms with van der Waals surface area (Å²) >= 11 is 0. The summed E-state index contributed by atoms with van der Waals surface area (Å²) in [4.78, 5) is 34.3. The summed E-state index contributed by atoms with van der Waals surface area (Å²) in [5.74, 6) is 0.00718. The van der Waals surface area contributed by atoms with E-state index in [1.54, 1.807) is 11.1 Å². The van der Waals surface area contributed by atoms with E-state index >= 15 is 0 Å². The number of pyridine rings is 1. The predicted octanol–water partition coefficient (Wildman–Crippen LogP) is 2.48. The van der Waals surface area contributed by atoms with Crippen molar-refractivity contribution in [3.8, 4) is 0 Å². The summed E-state index contributed by atoms with van der Waals surface area (Å²) in [7, 11) is 0. The summed E-state index contributed by atoms with van der Waals surface area (Å²) in [5, 5.41) is 1.84. The van der Waals surface area contributed by atoms with Gasteiger partial charge in [0.1, 0.15) is 5.69 Å². The van der Waals surface area contributed by atoms with Gasteiger partial charge >= 0.3 is 0 Å². The molecule has 0 bridgehead atoms. The Balaban J connectivity index is 1.69. The maximum atomic E-state index is 13.4. The van der Waals surface area contributed by atoms with Gasteiger partial charge in [0.15, 0.2) is 0 Å². The first-order chi connectivity index (χ1) is 13.1. The van der Waals surface area contributed by atoms with Gasteiger partial charge in [0.25, 0.3) is 5.91 Å². The van der Waals surface area contributed by atoms with E-state index < -0.39 is 5.54 Å². The smallest absolute Gasteiger partial charge is 0.273 e. The SMILES string of the molecule is CCCN1C(=O)CCN(C(=O)c2nccc3ccccc23)CC12CCOC2. The second kappa shape index (κ2) is 7.27. The van der Waals surface area contributed by atoms with Gasteiger partial charge in [-0.05, 0) is 24.3 Å². The Morgan fingerprint density at radius 3 is 2.93 bits per heavy atom. The molecular formula is C21H25N3O3. The van der Waals surface area contributed by atoms with Crippen LogP contribution in [0.15, 0.2) is 36.5 Å². The van der Waals surface area contributed by atoms with Gasteiger partial charge in [-0.2, -0.15) is 0 Å². The normalized spacial score (nSPS) is 23.2. The van der Waals surface area contributed by atoms with Crippen molar-refractivity contribution in [1.82, 2.24) is 14.8 Å². The van der Waals surface area contributed by atoms with Gasteiger partial charge in [-0.25, -0.2) is 0 Å². The van der Waals surface area contributed by atoms with Crippen LogP contribution in [0.1, 0.15) is 36.7 Å². The second-order valence-electron chi connectivity index (χ2n) is 7.43. The standard InChI is InChI=1S/C21H25N3O3/c1-2-11-24-18(25)8-12-23(14-21(24)9-13-27-15-21)20(26)19-17-6-4-3-5-16(17)7-10-22-19/h3-7,10H,2,8-9,11-15H2,1H3. The number of hydrogen-bond acceptors (Lipinski definition) is 4. The van der Waals surface area contributed by atoms with Crippen LogP contribution in [0.25, 0.3) is 10.8 Å². The zero-order valence-electron chi connectivity index (χ0n) is 15.7. The molecular weight excluding hydrogens is 342 g/mol. The predicted molar refractivity (Wildman–Crippen MR) is 102 cm³/mol. The fourth-order valence-corrected chi connectivity index (χ4v) is 4.28. The number of hydrogen-bond donors (Lipinski definition) is 0. The van der Waals surface area contributed by atoms with Gasteiger partial charge < -0.3 is 14.5 Å². The summed E-state index contributed by atoms with van der Waals surface area (Å²) in [5.41, 5.74) is 0.0441. The van der Waals surface area contributed by atoms with Crippen molar-refractivity contribution in [1.29, 1.82) is 0 Å². The summed E-state index contributed by atoms with van der Waals surface area (Å²) < 4.78 is 5.67. The van der Waals surface area contributed by atoms with E-state index in [1.165, 1.54) is 0 Å². The minimum Gasteiger partial charge on any atom is -0.379 e. The lowest BCUT2D eigenvalue weighted by Crippen LogP contribution is -2.57. The molecule has 4 rings (SSSR count). The van der Waals surface area contributed by atoms with Crippen molar-refractivity contribution >= 4 is 22.6 Å². The molecule has 1 aromatic heterocycles. The lowest BCUT2D eigenvalue weighted by Gasteiger charge is -2.40. The Kier molecular flexibility index (Phi) is 4.83. The molecule has 2 aliphatic rings. The van der Waals surface area contributed by atoms with Crippen LogP contribution in [0, 0.1) is 0 Å². The van der Waals surface area contributed by atoms with Gasteiger partial charge in [0, 0.05) is 44.2 Å². The highest BCUT2D eigenvalue weighted by molar-refractivity contribution is 6.05. The van der Waals surface area contributed by atoms with Crippen molar-refractivity contribution in [2.45, 2.75) is 31.7 Å². The number of carbonyl (C=O) groups is 2. The Morgan fingerprint density at radius 2 is 2.15 bits per heavy atom. The molecule has 0 saturated carbocycles. The van der Waals surface area contributed by atoms with E-state index in [0.29, 0.717) is 45.0 Å². The molecule has 6 heteroatoms. The molecule has 0 radical (unpaired) electrons. The van der Waals surface area contributed by atoms with Crippen molar-refractivity contribution in [3.05, 3.63) is 42.2 Å². The van der Waals surface area contributed by atoms with E-state index in [9.17, 15) is 9.59 Å². The topological polar surface area (TPSA) is 62.7 Å². The first-order valence-corrected chi connectivity index (χ1v) is 9.66. The number of nitrogens with zero attached hydrogens (tertiary/aromatic N) is 3. The van der Waals surface area contributed by atoms with E-state index in [0.717, 1.165) is 23.6 Å². The van der Waals surface area contributed by atoms with Crippen molar-refractivity contribution < 1.29 is 14.3 Å². The van der Waals surface area contributed by atoms with Crippen LogP contribution in [-0.2, 0) is 9.53 Å². The van der Waals surface area contributed by atoms with Crippen LogP contribution in [0.4, 0.5) is 0 Å². The van der Waals surface area contributed by atoms with Gasteiger partial charge in [-0.15, -0.1) is 0 Å². The molecule has 2 aromatic rings. The van der Waals surface area contributed by atoms with E-state index in [-0.39, 0.29) is 11.8 Å². The van der Waals surface area contributed by atoms with Crippen LogP contribution in [0.2, 0.25) is 0 Å². The van der Waals surface area contributed by atoms with Gasteiger partial charge in [-0.3, -0.25) is 14.6 Å². The molecule has 2 aliphatic heterocycles. The number of ether oxygens (including phenoxy) is 1. The van der Waals surface area contributed by atoms with Gasteiger partial charge in [0.2, 0.25) is 5.91 Å². The molecule has 27 heavy (non-hydrogen) atoms. The van der Waals surface area contributed by atoms with Crippen LogP contribution in [0.5, 0.6) is 0 Å². The summed E-state index contributed by atoms with van der Waals surface area (Å²) in [6.45, 7) is 4.82. The van der Waals surface area contributed by atoms with E-state index in [4.69, 9.17) is 4.74 Å². The fraction of sp³-hybridized carbons (Fsp3) is 0.476.